The predicted molar refractivity (Wildman–Crippen MR) is 26.7 cm³/mol. The van der Waals surface area contributed by atoms with Gasteiger partial charge in [-0.2, -0.15) is 0 Å². The first kappa shape index (κ1) is 9.99. The third kappa shape index (κ3) is 25.0. The van der Waals surface area contributed by atoms with Gasteiger partial charge in [-0.05, 0) is 0 Å². The van der Waals surface area contributed by atoms with Crippen LogP contribution in [0.15, 0.2) is 0 Å². The molecule has 0 rings (SSSR count). The van der Waals surface area contributed by atoms with Gasteiger partial charge in [-0.1, -0.05) is 13.8 Å². The van der Waals surface area contributed by atoms with Crippen molar-refractivity contribution in [3.63, 3.8) is 0 Å². The van der Waals surface area contributed by atoms with Crippen LogP contribution in [0.5, 0.6) is 0 Å². The highest BCUT2D eigenvalue weighted by atomic mass is 16.5. The van der Waals surface area contributed by atoms with Crippen LogP contribution in [0.2, 0.25) is 0 Å². The largest absolute Gasteiger partial charge is 0.391 e. The molecule has 0 unspecified atom stereocenters. The Balaban J connectivity index is 0. The van der Waals surface area contributed by atoms with Gasteiger partial charge in [-0.3, -0.25) is 0 Å². The van der Waals surface area contributed by atoms with Crippen molar-refractivity contribution in [2.45, 2.75) is 20.1 Å². The molecule has 0 saturated carbocycles. The predicted octanol–water partition coefficient (Wildman–Crippen LogP) is -0.684. The van der Waals surface area contributed by atoms with E-state index in [1.54, 1.807) is 0 Å². The average Bonchev–Trinajstić information content (AvgIpc) is 1.73. The first-order valence-electron chi connectivity index (χ1n) is 2.24. The molecule has 0 aliphatic carbocycles. The van der Waals surface area contributed by atoms with Gasteiger partial charge < -0.3 is 15.3 Å². The molecule has 0 aromatic heterocycles. The van der Waals surface area contributed by atoms with Crippen LogP contribution in [0.1, 0.15) is 13.8 Å². The van der Waals surface area contributed by atoms with Gasteiger partial charge in [-0.25, -0.2) is 0 Å². The molecule has 3 N–H and O–H groups in total. The normalized spacial score (nSPS) is 7.71. The van der Waals surface area contributed by atoms with Crippen molar-refractivity contribution in [1.82, 2.24) is 0 Å². The molecular formula is C4H12O3. The molecule has 3 heteroatoms. The van der Waals surface area contributed by atoms with E-state index in [2.05, 4.69) is 0 Å². The standard InChI is InChI=1S/C2H6O3.C2H6/c3-1-2(4)5;1-2/h2-5H,1H2;1-2H3. The summed E-state index contributed by atoms with van der Waals surface area (Å²) in [5.74, 6) is 0. The Bertz CT molecular complexity index is 20.9. The number of hydrogen-bond acceptors (Lipinski definition) is 3. The Kier molecular flexibility index (Phi) is 13.3. The lowest BCUT2D eigenvalue weighted by Crippen LogP contribution is -2.08. The Hall–Kier alpha value is -0.120. The molecule has 0 spiro atoms. The number of aliphatic hydroxyl groups is 3. The van der Waals surface area contributed by atoms with E-state index in [9.17, 15) is 0 Å². The minimum Gasteiger partial charge on any atom is -0.391 e. The van der Waals surface area contributed by atoms with Gasteiger partial charge in [0.1, 0.15) is 0 Å². The van der Waals surface area contributed by atoms with Crippen molar-refractivity contribution < 1.29 is 15.3 Å². The molecule has 0 heterocycles. The van der Waals surface area contributed by atoms with Gasteiger partial charge in [0.25, 0.3) is 0 Å². The minimum atomic E-state index is -1.56. The second kappa shape index (κ2) is 9.30. The SMILES string of the molecule is CC.OCC(O)O. The van der Waals surface area contributed by atoms with Crippen molar-refractivity contribution in [2.24, 2.45) is 0 Å². The van der Waals surface area contributed by atoms with Gasteiger partial charge in [0.15, 0.2) is 6.29 Å². The summed E-state index contributed by atoms with van der Waals surface area (Å²) in [4.78, 5) is 0. The van der Waals surface area contributed by atoms with E-state index in [4.69, 9.17) is 15.3 Å². The van der Waals surface area contributed by atoms with E-state index < -0.39 is 12.9 Å². The number of hydrogen-bond donors (Lipinski definition) is 3. The molecule has 0 bridgehead atoms. The summed E-state index contributed by atoms with van der Waals surface area (Å²) in [7, 11) is 0. The zero-order valence-corrected chi connectivity index (χ0v) is 4.63. The first-order chi connectivity index (χ1) is 3.27. The van der Waals surface area contributed by atoms with Crippen LogP contribution in [0.25, 0.3) is 0 Å². The van der Waals surface area contributed by atoms with Gasteiger partial charge in [0, 0.05) is 0 Å². The monoisotopic (exact) mass is 108 g/mol. The fourth-order valence-corrected chi connectivity index (χ4v) is 0. The van der Waals surface area contributed by atoms with E-state index in [1.165, 1.54) is 0 Å². The van der Waals surface area contributed by atoms with E-state index >= 15 is 0 Å². The highest BCUT2D eigenvalue weighted by Gasteiger charge is 1.85. The molecule has 3 nitrogen and oxygen atoms in total. The van der Waals surface area contributed by atoms with Crippen molar-refractivity contribution in [3.05, 3.63) is 0 Å². The Morgan fingerprint density at radius 1 is 1.29 bits per heavy atom. The van der Waals surface area contributed by atoms with Crippen molar-refractivity contribution in [3.8, 4) is 0 Å². The molecule has 0 atom stereocenters. The van der Waals surface area contributed by atoms with Crippen LogP contribution in [0, 0.1) is 0 Å². The fourth-order valence-electron chi connectivity index (χ4n) is 0. The maximum absolute atomic E-state index is 7.67. The average molecular weight is 108 g/mol. The molecule has 0 saturated heterocycles. The van der Waals surface area contributed by atoms with E-state index in [0.29, 0.717) is 0 Å². The third-order valence-corrected chi connectivity index (χ3v) is 0.163. The van der Waals surface area contributed by atoms with Crippen molar-refractivity contribution >= 4 is 0 Å². The Morgan fingerprint density at radius 3 is 1.43 bits per heavy atom. The molecule has 0 aliphatic rings. The molecule has 0 aliphatic heterocycles. The zero-order chi connectivity index (χ0) is 6.28. The van der Waals surface area contributed by atoms with E-state index in [-0.39, 0.29) is 0 Å². The highest BCUT2D eigenvalue weighted by Crippen LogP contribution is 1.62. The van der Waals surface area contributed by atoms with Crippen molar-refractivity contribution in [2.75, 3.05) is 6.61 Å². The van der Waals surface area contributed by atoms with Crippen molar-refractivity contribution in [1.29, 1.82) is 0 Å². The molecule has 0 fully saturated rings. The minimum absolute atomic E-state index is 0.583. The van der Waals surface area contributed by atoms with Crippen LogP contribution >= 0.6 is 0 Å². The summed E-state index contributed by atoms with van der Waals surface area (Å²) >= 11 is 0. The summed E-state index contributed by atoms with van der Waals surface area (Å²) in [5.41, 5.74) is 0. The Morgan fingerprint density at radius 2 is 1.43 bits per heavy atom. The molecular weight excluding hydrogens is 96.0 g/mol. The zero-order valence-electron chi connectivity index (χ0n) is 4.63. The highest BCUT2D eigenvalue weighted by molar-refractivity contribution is 4.20. The quantitative estimate of drug-likeness (QED) is 0.390. The van der Waals surface area contributed by atoms with Crippen LogP contribution in [0.3, 0.4) is 0 Å². The summed E-state index contributed by atoms with van der Waals surface area (Å²) in [6.07, 6.45) is -1.56. The van der Waals surface area contributed by atoms with Crippen LogP contribution in [0.4, 0.5) is 0 Å². The fraction of sp³-hybridized carbons (Fsp3) is 1.00. The number of rotatable bonds is 1. The third-order valence-electron chi connectivity index (χ3n) is 0.163. The van der Waals surface area contributed by atoms with E-state index in [1.807, 2.05) is 13.8 Å². The van der Waals surface area contributed by atoms with Crippen LogP contribution < -0.4 is 0 Å². The first-order valence-corrected chi connectivity index (χ1v) is 2.24. The van der Waals surface area contributed by atoms with Gasteiger partial charge in [0.2, 0.25) is 0 Å². The maximum Gasteiger partial charge on any atom is 0.175 e. The summed E-state index contributed by atoms with van der Waals surface area (Å²) < 4.78 is 0. The van der Waals surface area contributed by atoms with Gasteiger partial charge in [-0.15, -0.1) is 0 Å². The second-order valence-corrected chi connectivity index (χ2v) is 0.663. The lowest BCUT2D eigenvalue weighted by Gasteiger charge is -1.89. The van der Waals surface area contributed by atoms with Gasteiger partial charge in [0.05, 0.1) is 6.61 Å². The van der Waals surface area contributed by atoms with Crippen LogP contribution in [-0.4, -0.2) is 28.2 Å². The smallest absolute Gasteiger partial charge is 0.175 e. The summed E-state index contributed by atoms with van der Waals surface area (Å²) in [5, 5.41) is 23.0. The molecule has 46 valence electrons. The second-order valence-electron chi connectivity index (χ2n) is 0.663. The summed E-state index contributed by atoms with van der Waals surface area (Å²) in [6.45, 7) is 3.42. The molecule has 0 radical (unpaired) electrons. The molecule has 0 amide bonds. The maximum atomic E-state index is 7.67. The van der Waals surface area contributed by atoms with E-state index in [0.717, 1.165) is 0 Å². The lowest BCUT2D eigenvalue weighted by molar-refractivity contribution is -0.0747. The molecule has 0 aromatic rings. The summed E-state index contributed by atoms with van der Waals surface area (Å²) in [6, 6.07) is 0. The van der Waals surface area contributed by atoms with Gasteiger partial charge >= 0.3 is 0 Å². The van der Waals surface area contributed by atoms with Crippen LogP contribution in [-0.2, 0) is 0 Å². The Labute approximate surface area is 43.2 Å². The topological polar surface area (TPSA) is 60.7 Å². The number of aliphatic hydroxyl groups excluding tert-OH is 2. The lowest BCUT2D eigenvalue weighted by atomic mass is 10.7. The molecule has 7 heavy (non-hydrogen) atoms. The molecule has 0 aromatic carbocycles.